The summed E-state index contributed by atoms with van der Waals surface area (Å²) in [5, 5.41) is 9.41. The summed E-state index contributed by atoms with van der Waals surface area (Å²) >= 11 is 1.50. The van der Waals surface area contributed by atoms with Crippen molar-refractivity contribution in [1.29, 1.82) is 0 Å². The van der Waals surface area contributed by atoms with Crippen molar-refractivity contribution in [2.45, 2.75) is 17.5 Å². The van der Waals surface area contributed by atoms with Gasteiger partial charge in [0.1, 0.15) is 12.4 Å². The van der Waals surface area contributed by atoms with E-state index in [4.69, 9.17) is 9.47 Å². The van der Waals surface area contributed by atoms with Crippen LogP contribution in [0.2, 0.25) is 0 Å². The van der Waals surface area contributed by atoms with Gasteiger partial charge < -0.3 is 9.47 Å². The Morgan fingerprint density at radius 1 is 0.900 bits per heavy atom. The fourth-order valence-electron chi connectivity index (χ4n) is 2.98. The van der Waals surface area contributed by atoms with Crippen molar-refractivity contribution in [2.24, 2.45) is 0 Å². The molecule has 0 saturated carbocycles. The van der Waals surface area contributed by atoms with E-state index >= 15 is 0 Å². The molecule has 0 atom stereocenters. The Kier molecular flexibility index (Phi) is 6.29. The lowest BCUT2D eigenvalue weighted by Crippen LogP contribution is -2.07. The summed E-state index contributed by atoms with van der Waals surface area (Å²) < 4.78 is 26.8. The third kappa shape index (κ3) is 4.63. The number of benzene rings is 3. The topological polar surface area (TPSA) is 49.2 Å². The van der Waals surface area contributed by atoms with Crippen molar-refractivity contribution in [2.75, 3.05) is 7.11 Å². The van der Waals surface area contributed by atoms with Crippen molar-refractivity contribution in [1.82, 2.24) is 14.8 Å². The maximum atomic E-state index is 13.5. The van der Waals surface area contributed by atoms with Gasteiger partial charge in [-0.1, -0.05) is 54.2 Å². The second kappa shape index (κ2) is 9.45. The van der Waals surface area contributed by atoms with Crippen LogP contribution in [0.1, 0.15) is 11.4 Å². The van der Waals surface area contributed by atoms with Crippen molar-refractivity contribution in [3.63, 3.8) is 0 Å². The van der Waals surface area contributed by atoms with E-state index in [-0.39, 0.29) is 12.4 Å². The third-order valence-corrected chi connectivity index (χ3v) is 5.40. The summed E-state index contributed by atoms with van der Waals surface area (Å²) in [5.74, 6) is 2.29. The number of aromatic nitrogens is 3. The number of methoxy groups -OCH3 is 1. The van der Waals surface area contributed by atoms with Crippen molar-refractivity contribution in [3.8, 4) is 17.2 Å². The van der Waals surface area contributed by atoms with Crippen LogP contribution in [0.25, 0.3) is 5.69 Å². The summed E-state index contributed by atoms with van der Waals surface area (Å²) in [6.07, 6.45) is 0. The number of para-hydroxylation sites is 3. The molecule has 0 aliphatic carbocycles. The molecule has 4 rings (SSSR count). The number of hydrogen-bond acceptors (Lipinski definition) is 5. The fourth-order valence-corrected chi connectivity index (χ4v) is 3.89. The molecule has 0 amide bonds. The van der Waals surface area contributed by atoms with Crippen LogP contribution in [0.4, 0.5) is 4.39 Å². The quantitative estimate of drug-likeness (QED) is 0.362. The van der Waals surface area contributed by atoms with Crippen molar-refractivity contribution in [3.05, 3.63) is 96.1 Å². The van der Waals surface area contributed by atoms with Crippen LogP contribution < -0.4 is 9.47 Å². The molecule has 0 bridgehead atoms. The van der Waals surface area contributed by atoms with E-state index in [2.05, 4.69) is 10.2 Å². The smallest absolute Gasteiger partial charge is 0.196 e. The van der Waals surface area contributed by atoms with Gasteiger partial charge in [-0.2, -0.15) is 0 Å². The van der Waals surface area contributed by atoms with E-state index in [0.717, 1.165) is 11.3 Å². The van der Waals surface area contributed by atoms with Crippen LogP contribution in [-0.4, -0.2) is 21.9 Å². The summed E-state index contributed by atoms with van der Waals surface area (Å²) in [4.78, 5) is 0. The molecule has 0 N–H and O–H groups in total. The second-order valence-corrected chi connectivity index (χ2v) is 7.37. The van der Waals surface area contributed by atoms with Gasteiger partial charge in [0.15, 0.2) is 22.5 Å². The van der Waals surface area contributed by atoms with Gasteiger partial charge in [-0.15, -0.1) is 10.2 Å². The minimum absolute atomic E-state index is 0.225. The van der Waals surface area contributed by atoms with Gasteiger partial charge in [-0.3, -0.25) is 4.57 Å². The van der Waals surface area contributed by atoms with Gasteiger partial charge in [0.25, 0.3) is 0 Å². The molecule has 7 heteroatoms. The normalized spacial score (nSPS) is 10.7. The lowest BCUT2D eigenvalue weighted by atomic mass is 10.2. The number of halogens is 1. The Balaban J connectivity index is 1.59. The zero-order valence-electron chi connectivity index (χ0n) is 16.4. The molecule has 152 valence electrons. The van der Waals surface area contributed by atoms with Crippen LogP contribution in [0, 0.1) is 5.82 Å². The minimum Gasteiger partial charge on any atom is -0.493 e. The summed E-state index contributed by atoms with van der Waals surface area (Å²) in [6.45, 7) is 0.225. The predicted octanol–water partition coefficient (Wildman–Crippen LogP) is 5.29. The minimum atomic E-state index is -0.247. The highest BCUT2D eigenvalue weighted by atomic mass is 32.2. The molecule has 0 spiro atoms. The number of thioether (sulfide) groups is 1. The highest BCUT2D eigenvalue weighted by molar-refractivity contribution is 7.98. The molecule has 0 unspecified atom stereocenters. The van der Waals surface area contributed by atoms with Gasteiger partial charge in [0.2, 0.25) is 0 Å². The molecule has 30 heavy (non-hydrogen) atoms. The highest BCUT2D eigenvalue weighted by Gasteiger charge is 2.16. The van der Waals surface area contributed by atoms with E-state index in [0.29, 0.717) is 28.2 Å². The van der Waals surface area contributed by atoms with Gasteiger partial charge in [-0.05, 0) is 42.0 Å². The van der Waals surface area contributed by atoms with Crippen LogP contribution in [0.3, 0.4) is 0 Å². The van der Waals surface area contributed by atoms with E-state index < -0.39 is 0 Å². The largest absolute Gasteiger partial charge is 0.493 e. The third-order valence-electron chi connectivity index (χ3n) is 4.40. The van der Waals surface area contributed by atoms with E-state index in [1.54, 1.807) is 13.2 Å². The van der Waals surface area contributed by atoms with E-state index in [1.807, 2.05) is 65.2 Å². The first kappa shape index (κ1) is 20.0. The molecular formula is C23H20FN3O2S. The summed E-state index contributed by atoms with van der Waals surface area (Å²) in [5.41, 5.74) is 1.82. The molecule has 5 nitrogen and oxygen atoms in total. The molecule has 1 aromatic heterocycles. The van der Waals surface area contributed by atoms with Crippen molar-refractivity contribution < 1.29 is 13.9 Å². The molecule has 4 aromatic rings. The van der Waals surface area contributed by atoms with Crippen LogP contribution >= 0.6 is 11.8 Å². The Labute approximate surface area is 178 Å². The first-order valence-corrected chi connectivity index (χ1v) is 10.4. The summed E-state index contributed by atoms with van der Waals surface area (Å²) in [6, 6.07) is 23.9. The lowest BCUT2D eigenvalue weighted by molar-refractivity contribution is 0.274. The maximum Gasteiger partial charge on any atom is 0.196 e. The summed E-state index contributed by atoms with van der Waals surface area (Å²) in [7, 11) is 1.61. The Morgan fingerprint density at radius 3 is 2.43 bits per heavy atom. The fraction of sp³-hybridized carbons (Fsp3) is 0.130. The van der Waals surface area contributed by atoms with Gasteiger partial charge in [0, 0.05) is 11.4 Å². The van der Waals surface area contributed by atoms with Gasteiger partial charge in [-0.25, -0.2) is 4.39 Å². The van der Waals surface area contributed by atoms with Crippen LogP contribution in [0.15, 0.2) is 84.0 Å². The Bertz CT molecular complexity index is 1120. The van der Waals surface area contributed by atoms with Crippen molar-refractivity contribution >= 4 is 11.8 Å². The molecule has 0 saturated heterocycles. The number of ether oxygens (including phenoxy) is 2. The number of rotatable bonds is 8. The van der Waals surface area contributed by atoms with E-state index in [1.165, 1.54) is 23.9 Å². The molecule has 0 aliphatic rings. The molecule has 0 radical (unpaired) electrons. The standard InChI is InChI=1S/C23H20FN3O2S/c1-28-20-12-5-6-13-21(20)29-15-22-25-26-23(27(22)19-10-3-2-4-11-19)30-16-17-8-7-9-18(24)14-17/h2-14H,15-16H2,1H3. The average Bonchev–Trinajstić information content (AvgIpc) is 3.20. The highest BCUT2D eigenvalue weighted by Crippen LogP contribution is 2.29. The molecule has 3 aromatic carbocycles. The zero-order valence-corrected chi connectivity index (χ0v) is 17.2. The Hall–Kier alpha value is -3.32. The first-order chi connectivity index (χ1) is 14.7. The monoisotopic (exact) mass is 421 g/mol. The number of hydrogen-bond donors (Lipinski definition) is 0. The molecule has 0 aliphatic heterocycles. The van der Waals surface area contributed by atoms with E-state index in [9.17, 15) is 4.39 Å². The molecule has 1 heterocycles. The predicted molar refractivity (Wildman–Crippen MR) is 115 cm³/mol. The zero-order chi connectivity index (χ0) is 20.8. The average molecular weight is 421 g/mol. The second-order valence-electron chi connectivity index (χ2n) is 6.43. The number of nitrogens with zero attached hydrogens (tertiary/aromatic N) is 3. The first-order valence-electron chi connectivity index (χ1n) is 9.37. The SMILES string of the molecule is COc1ccccc1OCc1nnc(SCc2cccc(F)c2)n1-c1ccccc1. The lowest BCUT2D eigenvalue weighted by Gasteiger charge is -2.12. The Morgan fingerprint density at radius 2 is 1.67 bits per heavy atom. The van der Waals surface area contributed by atoms with Gasteiger partial charge >= 0.3 is 0 Å². The molecular weight excluding hydrogens is 401 g/mol. The molecule has 0 fully saturated rings. The van der Waals surface area contributed by atoms with Crippen LogP contribution in [0.5, 0.6) is 11.5 Å². The maximum absolute atomic E-state index is 13.5. The van der Waals surface area contributed by atoms with Crippen LogP contribution in [-0.2, 0) is 12.4 Å². The van der Waals surface area contributed by atoms with Gasteiger partial charge in [0.05, 0.1) is 7.11 Å².